The van der Waals surface area contributed by atoms with Crippen LogP contribution in [0.15, 0.2) is 24.3 Å². The van der Waals surface area contributed by atoms with E-state index in [1.807, 2.05) is 38.1 Å². The lowest BCUT2D eigenvalue weighted by molar-refractivity contribution is -0.118. The normalized spacial score (nSPS) is 13.7. The van der Waals surface area contributed by atoms with Crippen LogP contribution < -0.4 is 11.1 Å². The predicted molar refractivity (Wildman–Crippen MR) is 80.3 cm³/mol. The van der Waals surface area contributed by atoms with Gasteiger partial charge in [-0.05, 0) is 28.5 Å². The summed E-state index contributed by atoms with van der Waals surface area (Å²) in [4.78, 5) is 12.1. The van der Waals surface area contributed by atoms with Crippen molar-refractivity contribution in [3.8, 4) is 11.4 Å². The van der Waals surface area contributed by atoms with Crippen molar-refractivity contribution in [1.82, 2.24) is 20.2 Å². The van der Waals surface area contributed by atoms with Crippen LogP contribution in [0, 0.1) is 5.92 Å². The van der Waals surface area contributed by atoms with E-state index < -0.39 is 6.04 Å². The second-order valence-corrected chi connectivity index (χ2v) is 5.11. The quantitative estimate of drug-likeness (QED) is 0.861. The highest BCUT2D eigenvalue weighted by Crippen LogP contribution is 2.20. The summed E-state index contributed by atoms with van der Waals surface area (Å²) >= 11 is 0. The standard InChI is InChI=1S/C14H20N6O/c1-4-9(2)12(15)14(21)16-11-7-5-6-10(8-11)13-17-18-19-20(13)3/h5-9,12H,4,15H2,1-3H3,(H,16,21). The molecular formula is C14H20N6O. The molecule has 2 atom stereocenters. The lowest BCUT2D eigenvalue weighted by atomic mass is 9.99. The number of aryl methyl sites for hydroxylation is 1. The monoisotopic (exact) mass is 288 g/mol. The van der Waals surface area contributed by atoms with Gasteiger partial charge < -0.3 is 11.1 Å². The van der Waals surface area contributed by atoms with Gasteiger partial charge in [0, 0.05) is 18.3 Å². The summed E-state index contributed by atoms with van der Waals surface area (Å²) in [6, 6.07) is 6.85. The molecule has 2 aromatic rings. The summed E-state index contributed by atoms with van der Waals surface area (Å²) in [5, 5.41) is 14.2. The van der Waals surface area contributed by atoms with Crippen LogP contribution in [0.4, 0.5) is 5.69 Å². The van der Waals surface area contributed by atoms with Crippen LogP contribution in [0.2, 0.25) is 0 Å². The molecule has 0 bridgehead atoms. The number of carbonyl (C=O) groups excluding carboxylic acids is 1. The molecule has 0 spiro atoms. The first-order valence-electron chi connectivity index (χ1n) is 6.92. The third-order valence-corrected chi connectivity index (χ3v) is 3.57. The zero-order valence-electron chi connectivity index (χ0n) is 12.4. The summed E-state index contributed by atoms with van der Waals surface area (Å²) in [5.74, 6) is 0.589. The Bertz CT molecular complexity index is 623. The smallest absolute Gasteiger partial charge is 0.241 e. The van der Waals surface area contributed by atoms with Gasteiger partial charge >= 0.3 is 0 Å². The van der Waals surface area contributed by atoms with Crippen molar-refractivity contribution < 1.29 is 4.79 Å². The Labute approximate surface area is 123 Å². The molecule has 0 radical (unpaired) electrons. The summed E-state index contributed by atoms with van der Waals surface area (Å²) in [7, 11) is 1.76. The molecule has 0 saturated heterocycles. The third kappa shape index (κ3) is 3.43. The van der Waals surface area contributed by atoms with Gasteiger partial charge in [-0.15, -0.1) is 5.10 Å². The lowest BCUT2D eigenvalue weighted by Gasteiger charge is -2.17. The maximum atomic E-state index is 12.1. The van der Waals surface area contributed by atoms with Crippen LogP contribution >= 0.6 is 0 Å². The maximum absolute atomic E-state index is 12.1. The zero-order chi connectivity index (χ0) is 15.4. The number of nitrogens with one attached hydrogen (secondary N) is 1. The Morgan fingerprint density at radius 2 is 2.24 bits per heavy atom. The van der Waals surface area contributed by atoms with E-state index in [1.54, 1.807) is 11.7 Å². The zero-order valence-corrected chi connectivity index (χ0v) is 12.4. The number of aromatic nitrogens is 4. The fourth-order valence-electron chi connectivity index (χ4n) is 1.95. The molecule has 0 saturated carbocycles. The van der Waals surface area contributed by atoms with Gasteiger partial charge in [-0.25, -0.2) is 4.68 Å². The number of carbonyl (C=O) groups is 1. The summed E-state index contributed by atoms with van der Waals surface area (Å²) in [5.41, 5.74) is 7.44. The largest absolute Gasteiger partial charge is 0.325 e. The molecule has 1 aromatic heterocycles. The molecule has 21 heavy (non-hydrogen) atoms. The van der Waals surface area contributed by atoms with Gasteiger partial charge in [-0.2, -0.15) is 0 Å². The molecular weight excluding hydrogens is 268 g/mol. The predicted octanol–water partition coefficient (Wildman–Crippen LogP) is 1.19. The van der Waals surface area contributed by atoms with E-state index in [9.17, 15) is 4.79 Å². The lowest BCUT2D eigenvalue weighted by Crippen LogP contribution is -2.40. The fraction of sp³-hybridized carbons (Fsp3) is 0.429. The average molecular weight is 288 g/mol. The van der Waals surface area contributed by atoms with Crippen molar-refractivity contribution >= 4 is 11.6 Å². The van der Waals surface area contributed by atoms with E-state index in [2.05, 4.69) is 20.8 Å². The number of hydrogen-bond acceptors (Lipinski definition) is 5. The summed E-state index contributed by atoms with van der Waals surface area (Å²) in [6.07, 6.45) is 0.860. The highest BCUT2D eigenvalue weighted by Gasteiger charge is 2.19. The molecule has 1 amide bonds. The Kier molecular flexibility index (Phi) is 4.64. The molecule has 0 fully saturated rings. The van der Waals surface area contributed by atoms with Gasteiger partial charge in [-0.1, -0.05) is 32.4 Å². The number of anilines is 1. The first-order valence-corrected chi connectivity index (χ1v) is 6.92. The van der Waals surface area contributed by atoms with E-state index in [0.29, 0.717) is 11.5 Å². The summed E-state index contributed by atoms with van der Waals surface area (Å²) in [6.45, 7) is 3.98. The van der Waals surface area contributed by atoms with Crippen molar-refractivity contribution in [2.45, 2.75) is 26.3 Å². The van der Waals surface area contributed by atoms with Crippen LogP contribution in [0.25, 0.3) is 11.4 Å². The molecule has 0 aliphatic heterocycles. The second kappa shape index (κ2) is 6.45. The number of nitrogens with two attached hydrogens (primary N) is 1. The molecule has 7 heteroatoms. The average Bonchev–Trinajstić information content (AvgIpc) is 2.92. The first kappa shape index (κ1) is 15.1. The van der Waals surface area contributed by atoms with Crippen LogP contribution in [-0.4, -0.2) is 32.2 Å². The highest BCUT2D eigenvalue weighted by molar-refractivity contribution is 5.95. The van der Waals surface area contributed by atoms with Crippen LogP contribution in [0.5, 0.6) is 0 Å². The molecule has 2 rings (SSSR count). The van der Waals surface area contributed by atoms with Gasteiger partial charge in [0.05, 0.1) is 6.04 Å². The maximum Gasteiger partial charge on any atom is 0.241 e. The van der Waals surface area contributed by atoms with Crippen molar-refractivity contribution in [3.05, 3.63) is 24.3 Å². The minimum atomic E-state index is -0.518. The number of rotatable bonds is 5. The molecule has 0 aliphatic carbocycles. The number of nitrogens with zero attached hydrogens (tertiary/aromatic N) is 4. The van der Waals surface area contributed by atoms with Gasteiger partial charge in [-0.3, -0.25) is 4.79 Å². The highest BCUT2D eigenvalue weighted by atomic mass is 16.2. The summed E-state index contributed by atoms with van der Waals surface area (Å²) < 4.78 is 1.58. The van der Waals surface area contributed by atoms with Gasteiger partial charge in [0.15, 0.2) is 5.82 Å². The molecule has 2 unspecified atom stereocenters. The van der Waals surface area contributed by atoms with Gasteiger partial charge in [0.25, 0.3) is 0 Å². The molecule has 1 aromatic carbocycles. The van der Waals surface area contributed by atoms with Crippen molar-refractivity contribution in [3.63, 3.8) is 0 Å². The molecule has 112 valence electrons. The Hall–Kier alpha value is -2.28. The Morgan fingerprint density at radius 3 is 2.86 bits per heavy atom. The van der Waals surface area contributed by atoms with Crippen LogP contribution in [0.3, 0.4) is 0 Å². The first-order chi connectivity index (χ1) is 10.0. The van der Waals surface area contributed by atoms with E-state index >= 15 is 0 Å². The minimum Gasteiger partial charge on any atom is -0.325 e. The van der Waals surface area contributed by atoms with E-state index in [1.165, 1.54) is 0 Å². The van der Waals surface area contributed by atoms with Crippen molar-refractivity contribution in [2.24, 2.45) is 18.7 Å². The number of amides is 1. The van der Waals surface area contributed by atoms with Crippen molar-refractivity contribution in [1.29, 1.82) is 0 Å². The molecule has 3 N–H and O–H groups in total. The van der Waals surface area contributed by atoms with Crippen molar-refractivity contribution in [2.75, 3.05) is 5.32 Å². The molecule has 7 nitrogen and oxygen atoms in total. The van der Waals surface area contributed by atoms with Crippen LogP contribution in [-0.2, 0) is 11.8 Å². The third-order valence-electron chi connectivity index (χ3n) is 3.57. The topological polar surface area (TPSA) is 98.7 Å². The molecule has 1 heterocycles. The van der Waals surface area contributed by atoms with E-state index in [-0.39, 0.29) is 11.8 Å². The number of hydrogen-bond donors (Lipinski definition) is 2. The van der Waals surface area contributed by atoms with Crippen LogP contribution in [0.1, 0.15) is 20.3 Å². The fourth-order valence-corrected chi connectivity index (χ4v) is 1.95. The second-order valence-electron chi connectivity index (χ2n) is 5.11. The SMILES string of the molecule is CCC(C)C(N)C(=O)Nc1cccc(-c2nnnn2C)c1. The van der Waals surface area contributed by atoms with Gasteiger partial charge in [0.1, 0.15) is 0 Å². The number of benzene rings is 1. The minimum absolute atomic E-state index is 0.135. The number of tetrazole rings is 1. The van der Waals surface area contributed by atoms with E-state index in [4.69, 9.17) is 5.73 Å². The van der Waals surface area contributed by atoms with Gasteiger partial charge in [0.2, 0.25) is 5.91 Å². The Morgan fingerprint density at radius 1 is 1.48 bits per heavy atom. The Balaban J connectivity index is 2.15. The van der Waals surface area contributed by atoms with E-state index in [0.717, 1.165) is 12.0 Å². The molecule has 0 aliphatic rings.